The Balaban J connectivity index is 3.16. The maximum absolute atomic E-state index is 12.3. The Morgan fingerprint density at radius 1 is 1.21 bits per heavy atom. The van der Waals surface area contributed by atoms with Crippen molar-refractivity contribution in [2.45, 2.75) is 6.18 Å². The van der Waals surface area contributed by atoms with Gasteiger partial charge in [-0.2, -0.15) is 13.2 Å². The Kier molecular flexibility index (Phi) is 3.15. The first kappa shape index (κ1) is 10.6. The van der Waals surface area contributed by atoms with Gasteiger partial charge >= 0.3 is 6.18 Å². The van der Waals surface area contributed by atoms with Crippen LogP contribution in [-0.2, 0) is 6.18 Å². The summed E-state index contributed by atoms with van der Waals surface area (Å²) in [5, 5.41) is 8.37. The molecule has 1 rings (SSSR count). The fourth-order valence-corrected chi connectivity index (χ4v) is 0.974. The highest BCUT2D eigenvalue weighted by Crippen LogP contribution is 2.31. The van der Waals surface area contributed by atoms with Gasteiger partial charge in [0.2, 0.25) is 0 Å². The summed E-state index contributed by atoms with van der Waals surface area (Å²) in [5.41, 5.74) is -0.894. The quantitative estimate of drug-likeness (QED) is 0.635. The minimum Gasteiger partial charge on any atom is -0.384 e. The third-order valence-electron chi connectivity index (χ3n) is 1.53. The molecule has 74 valence electrons. The number of aliphatic hydroxyl groups is 1. The fraction of sp³-hybridized carbons (Fsp3) is 0.200. The van der Waals surface area contributed by atoms with Crippen LogP contribution in [0.5, 0.6) is 0 Å². The van der Waals surface area contributed by atoms with Crippen LogP contribution in [0.3, 0.4) is 0 Å². The van der Waals surface area contributed by atoms with E-state index in [2.05, 4.69) is 11.8 Å². The molecule has 0 aliphatic heterocycles. The van der Waals surface area contributed by atoms with E-state index in [1.165, 1.54) is 18.2 Å². The Morgan fingerprint density at radius 3 is 2.43 bits per heavy atom. The van der Waals surface area contributed by atoms with Crippen LogP contribution in [-0.4, -0.2) is 11.7 Å². The molecule has 0 aliphatic carbocycles. The molecule has 0 aromatic heterocycles. The molecule has 1 aromatic rings. The van der Waals surface area contributed by atoms with Crippen LogP contribution in [0.15, 0.2) is 24.3 Å². The first-order valence-electron chi connectivity index (χ1n) is 3.81. The first-order chi connectivity index (χ1) is 6.55. The maximum Gasteiger partial charge on any atom is 0.417 e. The molecule has 0 saturated heterocycles. The number of hydrogen-bond donors (Lipinski definition) is 1. The number of benzene rings is 1. The second kappa shape index (κ2) is 4.16. The van der Waals surface area contributed by atoms with E-state index >= 15 is 0 Å². The number of halogens is 3. The Hall–Kier alpha value is -1.47. The van der Waals surface area contributed by atoms with Crippen molar-refractivity contribution < 1.29 is 18.3 Å². The zero-order valence-corrected chi connectivity index (χ0v) is 7.10. The number of aliphatic hydroxyl groups excluding tert-OH is 1. The van der Waals surface area contributed by atoms with Gasteiger partial charge in [0.1, 0.15) is 6.61 Å². The van der Waals surface area contributed by atoms with Gasteiger partial charge in [0.25, 0.3) is 0 Å². The average Bonchev–Trinajstić information content (AvgIpc) is 2.14. The molecule has 0 heterocycles. The van der Waals surface area contributed by atoms with Gasteiger partial charge < -0.3 is 5.11 Å². The molecule has 14 heavy (non-hydrogen) atoms. The van der Waals surface area contributed by atoms with Crippen molar-refractivity contribution in [3.05, 3.63) is 35.4 Å². The van der Waals surface area contributed by atoms with Crippen LogP contribution in [0.2, 0.25) is 0 Å². The van der Waals surface area contributed by atoms with E-state index in [1.54, 1.807) is 0 Å². The molecule has 0 amide bonds. The monoisotopic (exact) mass is 200 g/mol. The molecule has 1 nitrogen and oxygen atoms in total. The van der Waals surface area contributed by atoms with E-state index in [0.29, 0.717) is 0 Å². The molecule has 1 aromatic carbocycles. The Labute approximate surface area is 79.2 Å². The number of rotatable bonds is 0. The van der Waals surface area contributed by atoms with Gasteiger partial charge in [0.05, 0.1) is 5.56 Å². The highest BCUT2D eigenvalue weighted by molar-refractivity contribution is 5.42. The number of hydrogen-bond acceptors (Lipinski definition) is 1. The highest BCUT2D eigenvalue weighted by atomic mass is 19.4. The predicted octanol–water partition coefficient (Wildman–Crippen LogP) is 2.05. The smallest absolute Gasteiger partial charge is 0.384 e. The summed E-state index contributed by atoms with van der Waals surface area (Å²) in [7, 11) is 0. The molecule has 1 N–H and O–H groups in total. The third kappa shape index (κ3) is 2.51. The van der Waals surface area contributed by atoms with Crippen molar-refractivity contribution in [3.63, 3.8) is 0 Å². The standard InChI is InChI=1S/C10H7F3O/c11-10(12,13)9-6-2-1-4-8(9)5-3-7-14/h1-2,4,6,14H,7H2. The predicted molar refractivity (Wildman–Crippen MR) is 45.4 cm³/mol. The van der Waals surface area contributed by atoms with E-state index in [1.807, 2.05) is 0 Å². The van der Waals surface area contributed by atoms with E-state index in [4.69, 9.17) is 5.11 Å². The zero-order valence-electron chi connectivity index (χ0n) is 7.10. The van der Waals surface area contributed by atoms with Gasteiger partial charge in [-0.15, -0.1) is 0 Å². The first-order valence-corrected chi connectivity index (χ1v) is 3.81. The maximum atomic E-state index is 12.3. The molecular formula is C10H7F3O. The van der Waals surface area contributed by atoms with Crippen molar-refractivity contribution in [1.29, 1.82) is 0 Å². The van der Waals surface area contributed by atoms with Crippen LogP contribution in [0.4, 0.5) is 13.2 Å². The summed E-state index contributed by atoms with van der Waals surface area (Å²) >= 11 is 0. The second-order valence-electron chi connectivity index (χ2n) is 2.50. The fourth-order valence-electron chi connectivity index (χ4n) is 0.974. The molecule has 0 saturated carbocycles. The topological polar surface area (TPSA) is 20.2 Å². The summed E-state index contributed by atoms with van der Waals surface area (Å²) in [6, 6.07) is 5.00. The van der Waals surface area contributed by atoms with Crippen molar-refractivity contribution in [1.82, 2.24) is 0 Å². The van der Waals surface area contributed by atoms with Gasteiger partial charge in [-0.05, 0) is 12.1 Å². The lowest BCUT2D eigenvalue weighted by Gasteiger charge is -2.07. The summed E-state index contributed by atoms with van der Waals surface area (Å²) in [6.45, 7) is -0.452. The molecule has 0 bridgehead atoms. The molecule has 0 spiro atoms. The summed E-state index contributed by atoms with van der Waals surface area (Å²) in [5.74, 6) is 4.43. The second-order valence-corrected chi connectivity index (χ2v) is 2.50. The van der Waals surface area contributed by atoms with Gasteiger partial charge in [-0.25, -0.2) is 0 Å². The lowest BCUT2D eigenvalue weighted by Crippen LogP contribution is -2.07. The number of alkyl halides is 3. The SMILES string of the molecule is OCC#Cc1ccccc1C(F)(F)F. The minimum atomic E-state index is -4.40. The molecule has 0 atom stereocenters. The highest BCUT2D eigenvalue weighted by Gasteiger charge is 2.32. The van der Waals surface area contributed by atoms with Gasteiger partial charge in [0.15, 0.2) is 0 Å². The summed E-state index contributed by atoms with van der Waals surface area (Å²) < 4.78 is 37.0. The molecule has 0 unspecified atom stereocenters. The van der Waals surface area contributed by atoms with E-state index in [-0.39, 0.29) is 5.56 Å². The van der Waals surface area contributed by atoms with Crippen LogP contribution < -0.4 is 0 Å². The van der Waals surface area contributed by atoms with Crippen LogP contribution in [0.25, 0.3) is 0 Å². The van der Waals surface area contributed by atoms with Crippen molar-refractivity contribution in [2.75, 3.05) is 6.61 Å². The van der Waals surface area contributed by atoms with Crippen molar-refractivity contribution >= 4 is 0 Å². The molecular weight excluding hydrogens is 193 g/mol. The summed E-state index contributed by atoms with van der Waals surface area (Å²) in [6.07, 6.45) is -4.40. The van der Waals surface area contributed by atoms with Crippen LogP contribution in [0.1, 0.15) is 11.1 Å². The van der Waals surface area contributed by atoms with Gasteiger partial charge in [-0.3, -0.25) is 0 Å². The largest absolute Gasteiger partial charge is 0.417 e. The normalized spacial score (nSPS) is 10.6. The van der Waals surface area contributed by atoms with E-state index < -0.39 is 18.3 Å². The van der Waals surface area contributed by atoms with Crippen LogP contribution >= 0.6 is 0 Å². The Morgan fingerprint density at radius 2 is 1.86 bits per heavy atom. The van der Waals surface area contributed by atoms with Gasteiger partial charge in [-0.1, -0.05) is 24.0 Å². The van der Waals surface area contributed by atoms with E-state index in [9.17, 15) is 13.2 Å². The molecule has 4 heteroatoms. The minimum absolute atomic E-state index is 0.117. The van der Waals surface area contributed by atoms with Crippen LogP contribution in [0, 0.1) is 11.8 Å². The van der Waals surface area contributed by atoms with E-state index in [0.717, 1.165) is 6.07 Å². The molecule has 0 fully saturated rings. The lowest BCUT2D eigenvalue weighted by molar-refractivity contribution is -0.137. The lowest BCUT2D eigenvalue weighted by atomic mass is 10.1. The average molecular weight is 200 g/mol. The summed E-state index contributed by atoms with van der Waals surface area (Å²) in [4.78, 5) is 0. The van der Waals surface area contributed by atoms with Gasteiger partial charge in [0, 0.05) is 5.56 Å². The third-order valence-corrected chi connectivity index (χ3v) is 1.53. The Bertz CT molecular complexity index is 371. The van der Waals surface area contributed by atoms with Crippen molar-refractivity contribution in [2.24, 2.45) is 0 Å². The molecule has 0 radical (unpaired) electrons. The zero-order chi connectivity index (χ0) is 10.6. The van der Waals surface area contributed by atoms with Crippen molar-refractivity contribution in [3.8, 4) is 11.8 Å². The molecule has 0 aliphatic rings.